The second-order valence-electron chi connectivity index (χ2n) is 7.18. The lowest BCUT2D eigenvalue weighted by molar-refractivity contribution is -0.139. The van der Waals surface area contributed by atoms with Crippen LogP contribution in [0, 0.1) is 0 Å². The molecule has 1 amide bonds. The molecular formula is C22H26F3N3O5. The van der Waals surface area contributed by atoms with E-state index in [0.29, 0.717) is 67.3 Å². The minimum Gasteiger partial charge on any atom is -0.492 e. The van der Waals surface area contributed by atoms with E-state index in [2.05, 4.69) is 10.2 Å². The molecule has 0 bridgehead atoms. The minimum atomic E-state index is -4.81. The maximum Gasteiger partial charge on any atom is 0.421 e. The van der Waals surface area contributed by atoms with Gasteiger partial charge in [-0.05, 0) is 26.0 Å². The van der Waals surface area contributed by atoms with E-state index in [4.69, 9.17) is 14.2 Å². The average Bonchev–Trinajstić information content (AvgIpc) is 2.77. The lowest BCUT2D eigenvalue weighted by atomic mass is 10.2. The third kappa shape index (κ3) is 5.98. The van der Waals surface area contributed by atoms with Gasteiger partial charge in [0.25, 0.3) is 5.56 Å². The van der Waals surface area contributed by atoms with Crippen molar-refractivity contribution in [3.05, 3.63) is 46.4 Å². The molecule has 0 radical (unpaired) electrons. The van der Waals surface area contributed by atoms with Crippen molar-refractivity contribution in [2.24, 2.45) is 0 Å². The molecule has 1 aliphatic heterocycles. The van der Waals surface area contributed by atoms with Crippen LogP contribution in [-0.4, -0.2) is 50.0 Å². The summed E-state index contributed by atoms with van der Waals surface area (Å²) in [5.74, 6) is 0.223. The number of amides is 1. The van der Waals surface area contributed by atoms with Crippen LogP contribution in [0.5, 0.6) is 11.5 Å². The van der Waals surface area contributed by atoms with Crippen molar-refractivity contribution in [1.82, 2.24) is 4.57 Å². The summed E-state index contributed by atoms with van der Waals surface area (Å²) in [5.41, 5.74) is -1.54. The van der Waals surface area contributed by atoms with E-state index in [1.54, 1.807) is 19.1 Å². The van der Waals surface area contributed by atoms with Crippen molar-refractivity contribution >= 4 is 17.3 Å². The van der Waals surface area contributed by atoms with Crippen molar-refractivity contribution in [2.45, 2.75) is 26.6 Å². The second kappa shape index (κ2) is 10.6. The summed E-state index contributed by atoms with van der Waals surface area (Å²) in [6, 6.07) is 5.13. The lowest BCUT2D eigenvalue weighted by Crippen LogP contribution is -2.36. The summed E-state index contributed by atoms with van der Waals surface area (Å²) < 4.78 is 56.6. The molecule has 2 heterocycles. The first kappa shape index (κ1) is 24.4. The molecule has 33 heavy (non-hydrogen) atoms. The minimum absolute atomic E-state index is 0.294. The first-order valence-corrected chi connectivity index (χ1v) is 10.6. The molecule has 0 atom stereocenters. The Balaban J connectivity index is 1.88. The predicted octanol–water partition coefficient (Wildman–Crippen LogP) is 3.14. The van der Waals surface area contributed by atoms with Crippen LogP contribution in [0.15, 0.2) is 35.3 Å². The number of alkyl halides is 3. The van der Waals surface area contributed by atoms with Gasteiger partial charge in [-0.3, -0.25) is 9.59 Å². The van der Waals surface area contributed by atoms with Crippen LogP contribution in [0.4, 0.5) is 24.5 Å². The van der Waals surface area contributed by atoms with Crippen LogP contribution in [0.25, 0.3) is 0 Å². The standard InChI is InChI=1S/C22H26F3N3O5/c1-3-32-18-13-17(27-8-10-31-11-9-27)19(33-4-2)12-16(18)26-20(29)14-28-7-5-6-15(21(28)30)22(23,24)25/h5-7,12-13H,3-4,8-11,14H2,1-2H3,(H,26,29). The molecule has 0 saturated carbocycles. The number of carbonyl (C=O) groups excluding carboxylic acids is 1. The number of rotatable bonds is 8. The summed E-state index contributed by atoms with van der Waals surface area (Å²) in [5, 5.41) is 2.63. The van der Waals surface area contributed by atoms with E-state index in [1.165, 1.54) is 0 Å². The van der Waals surface area contributed by atoms with Gasteiger partial charge < -0.3 is 29.0 Å². The van der Waals surface area contributed by atoms with Crippen LogP contribution in [-0.2, 0) is 22.3 Å². The molecule has 8 nitrogen and oxygen atoms in total. The Hall–Kier alpha value is -3.21. The zero-order chi connectivity index (χ0) is 24.0. The SMILES string of the molecule is CCOc1cc(N2CCOCC2)c(OCC)cc1NC(=O)Cn1cccc(C(F)(F)F)c1=O. The highest BCUT2D eigenvalue weighted by molar-refractivity contribution is 5.93. The fraction of sp³-hybridized carbons (Fsp3) is 0.455. The maximum absolute atomic E-state index is 13.0. The number of nitrogens with zero attached hydrogens (tertiary/aromatic N) is 2. The number of benzene rings is 1. The van der Waals surface area contributed by atoms with Crippen molar-refractivity contribution in [3.63, 3.8) is 0 Å². The molecule has 1 saturated heterocycles. The smallest absolute Gasteiger partial charge is 0.421 e. The van der Waals surface area contributed by atoms with Gasteiger partial charge >= 0.3 is 6.18 Å². The summed E-state index contributed by atoms with van der Waals surface area (Å²) >= 11 is 0. The van der Waals surface area contributed by atoms with Gasteiger partial charge in [0.15, 0.2) is 0 Å². The van der Waals surface area contributed by atoms with Crippen molar-refractivity contribution < 1.29 is 32.2 Å². The molecule has 0 spiro atoms. The Morgan fingerprint density at radius 2 is 1.79 bits per heavy atom. The number of pyridine rings is 1. The number of anilines is 2. The quantitative estimate of drug-likeness (QED) is 0.640. The molecular weight excluding hydrogens is 443 g/mol. The monoisotopic (exact) mass is 469 g/mol. The van der Waals surface area contributed by atoms with E-state index >= 15 is 0 Å². The van der Waals surface area contributed by atoms with E-state index in [-0.39, 0.29) is 0 Å². The molecule has 3 rings (SSSR count). The molecule has 1 fully saturated rings. The Bertz CT molecular complexity index is 1030. The number of carbonyl (C=O) groups is 1. The second-order valence-corrected chi connectivity index (χ2v) is 7.18. The highest BCUT2D eigenvalue weighted by Crippen LogP contribution is 2.39. The van der Waals surface area contributed by atoms with Gasteiger partial charge in [-0.25, -0.2) is 0 Å². The normalized spacial score (nSPS) is 14.2. The number of hydrogen-bond acceptors (Lipinski definition) is 6. The van der Waals surface area contributed by atoms with Gasteiger partial charge in [-0.15, -0.1) is 0 Å². The van der Waals surface area contributed by atoms with Crippen molar-refractivity contribution in [3.8, 4) is 11.5 Å². The first-order chi connectivity index (χ1) is 15.7. The number of nitrogens with one attached hydrogen (secondary N) is 1. The number of hydrogen-bond donors (Lipinski definition) is 1. The van der Waals surface area contributed by atoms with Gasteiger partial charge in [0.1, 0.15) is 23.6 Å². The van der Waals surface area contributed by atoms with E-state index in [0.717, 1.165) is 18.0 Å². The Morgan fingerprint density at radius 1 is 1.12 bits per heavy atom. The summed E-state index contributed by atoms with van der Waals surface area (Å²) in [4.78, 5) is 26.9. The maximum atomic E-state index is 13.0. The molecule has 1 aromatic heterocycles. The van der Waals surface area contributed by atoms with Crippen molar-refractivity contribution in [2.75, 3.05) is 49.7 Å². The van der Waals surface area contributed by atoms with Crippen LogP contribution in [0.1, 0.15) is 19.4 Å². The van der Waals surface area contributed by atoms with Gasteiger partial charge in [-0.1, -0.05) is 0 Å². The molecule has 0 unspecified atom stereocenters. The molecule has 1 N–H and O–H groups in total. The predicted molar refractivity (Wildman–Crippen MR) is 116 cm³/mol. The number of morpholine rings is 1. The molecule has 11 heteroatoms. The van der Waals surface area contributed by atoms with Gasteiger partial charge in [0.05, 0.1) is 37.8 Å². The highest BCUT2D eigenvalue weighted by atomic mass is 19.4. The Morgan fingerprint density at radius 3 is 2.42 bits per heavy atom. The fourth-order valence-corrected chi connectivity index (χ4v) is 3.47. The van der Waals surface area contributed by atoms with E-state index in [1.807, 2.05) is 6.92 Å². The van der Waals surface area contributed by atoms with E-state index in [9.17, 15) is 22.8 Å². The highest BCUT2D eigenvalue weighted by Gasteiger charge is 2.34. The fourth-order valence-electron chi connectivity index (χ4n) is 3.47. The Labute approximate surface area is 188 Å². The third-order valence-corrected chi connectivity index (χ3v) is 4.93. The van der Waals surface area contributed by atoms with Crippen LogP contribution in [0.2, 0.25) is 0 Å². The summed E-state index contributed by atoms with van der Waals surface area (Å²) in [7, 11) is 0. The lowest BCUT2D eigenvalue weighted by Gasteiger charge is -2.31. The van der Waals surface area contributed by atoms with Gasteiger partial charge in [0, 0.05) is 31.4 Å². The number of ether oxygens (including phenoxy) is 3. The summed E-state index contributed by atoms with van der Waals surface area (Å²) in [6.07, 6.45) is -3.67. The van der Waals surface area contributed by atoms with Crippen LogP contribution < -0.4 is 25.2 Å². The van der Waals surface area contributed by atoms with Crippen LogP contribution in [0.3, 0.4) is 0 Å². The molecule has 2 aromatic rings. The van der Waals surface area contributed by atoms with E-state index < -0.39 is 29.8 Å². The number of aromatic nitrogens is 1. The van der Waals surface area contributed by atoms with Gasteiger partial charge in [0.2, 0.25) is 5.91 Å². The average molecular weight is 469 g/mol. The zero-order valence-electron chi connectivity index (χ0n) is 18.4. The molecule has 1 aromatic carbocycles. The molecule has 180 valence electrons. The number of halogens is 3. The Kier molecular flexibility index (Phi) is 7.85. The first-order valence-electron chi connectivity index (χ1n) is 10.6. The molecule has 1 aliphatic rings. The van der Waals surface area contributed by atoms with Gasteiger partial charge in [-0.2, -0.15) is 13.2 Å². The van der Waals surface area contributed by atoms with Crippen molar-refractivity contribution in [1.29, 1.82) is 0 Å². The summed E-state index contributed by atoms with van der Waals surface area (Å²) in [6.45, 7) is 6.20. The molecule has 0 aliphatic carbocycles. The third-order valence-electron chi connectivity index (χ3n) is 4.93. The largest absolute Gasteiger partial charge is 0.492 e. The zero-order valence-corrected chi connectivity index (χ0v) is 18.4. The topological polar surface area (TPSA) is 82.0 Å². The van der Waals surface area contributed by atoms with Crippen LogP contribution >= 0.6 is 0 Å².